The lowest BCUT2D eigenvalue weighted by molar-refractivity contribution is 1.06. The largest absolute Gasteiger partial charge is 0.370 e. The topological polar surface area (TPSA) is 26.0 Å². The molecule has 0 rings (SSSR count). The van der Waals surface area contributed by atoms with E-state index in [9.17, 15) is 0 Å². The van der Waals surface area contributed by atoms with Gasteiger partial charge in [-0.1, -0.05) is 26.5 Å². The van der Waals surface area contributed by atoms with Crippen molar-refractivity contribution in [3.8, 4) is 0 Å². The van der Waals surface area contributed by atoms with Gasteiger partial charge in [-0.05, 0) is 0 Å². The smallest absolute Gasteiger partial charge is 0.214 e. The van der Waals surface area contributed by atoms with Crippen molar-refractivity contribution in [3.05, 3.63) is 0 Å². The van der Waals surface area contributed by atoms with E-state index in [0.717, 1.165) is 6.32 Å². The summed E-state index contributed by atoms with van der Waals surface area (Å²) in [6.07, 6.45) is 2.36. The van der Waals surface area contributed by atoms with Crippen LogP contribution in [0.5, 0.6) is 0 Å². The van der Waals surface area contributed by atoms with E-state index in [-0.39, 0.29) is 0 Å². The second-order valence-electron chi connectivity index (χ2n) is 1.77. The number of hydrogen-bond donors (Lipinski definition) is 1. The maximum Gasteiger partial charge on any atom is 0.214 e. The van der Waals surface area contributed by atoms with Crippen molar-refractivity contribution in [1.29, 1.82) is 0 Å². The summed E-state index contributed by atoms with van der Waals surface area (Å²) in [5.74, 6) is 0. The van der Waals surface area contributed by atoms with Crippen LogP contribution in [0.4, 0.5) is 0 Å². The zero-order valence-corrected chi connectivity index (χ0v) is 4.57. The summed E-state index contributed by atoms with van der Waals surface area (Å²) in [4.78, 5) is 0. The zero-order valence-electron chi connectivity index (χ0n) is 4.57. The second-order valence-corrected chi connectivity index (χ2v) is 1.77. The van der Waals surface area contributed by atoms with E-state index in [1.54, 1.807) is 0 Å². The minimum absolute atomic E-state index is 0.398. The SMILES string of the molecule is CCCB(C)N. The molecule has 0 unspecified atom stereocenters. The maximum atomic E-state index is 5.40. The van der Waals surface area contributed by atoms with Crippen LogP contribution in [-0.4, -0.2) is 6.85 Å². The summed E-state index contributed by atoms with van der Waals surface area (Å²) in [5.41, 5.74) is 5.40. The van der Waals surface area contributed by atoms with Gasteiger partial charge >= 0.3 is 0 Å². The molecule has 36 valence electrons. The van der Waals surface area contributed by atoms with Crippen molar-refractivity contribution >= 4 is 6.85 Å². The fraction of sp³-hybridized carbons (Fsp3) is 1.00. The van der Waals surface area contributed by atoms with Gasteiger partial charge in [0.2, 0.25) is 6.85 Å². The van der Waals surface area contributed by atoms with Crippen molar-refractivity contribution < 1.29 is 0 Å². The quantitative estimate of drug-likeness (QED) is 0.497. The van der Waals surface area contributed by atoms with Gasteiger partial charge in [-0.3, -0.25) is 0 Å². The fourth-order valence-electron chi connectivity index (χ4n) is 0.455. The van der Waals surface area contributed by atoms with Gasteiger partial charge < -0.3 is 5.64 Å². The lowest BCUT2D eigenvalue weighted by Crippen LogP contribution is -2.19. The van der Waals surface area contributed by atoms with Crippen molar-refractivity contribution in [2.45, 2.75) is 26.5 Å². The molecule has 0 aromatic rings. The molecule has 0 aliphatic heterocycles. The Hall–Kier alpha value is 0.0249. The first-order valence-corrected chi connectivity index (χ1v) is 2.53. The van der Waals surface area contributed by atoms with Crippen LogP contribution in [0.25, 0.3) is 0 Å². The standard InChI is InChI=1S/C4H12BN/c1-3-4-5(2)6/h3-4,6H2,1-2H3. The van der Waals surface area contributed by atoms with Crippen LogP contribution in [0, 0.1) is 0 Å². The van der Waals surface area contributed by atoms with E-state index in [2.05, 4.69) is 6.92 Å². The molecular weight excluding hydrogens is 72.9 g/mol. The minimum atomic E-state index is 0.398. The Balaban J connectivity index is 2.63. The molecule has 0 saturated heterocycles. The molecular formula is C4H12BN. The van der Waals surface area contributed by atoms with Gasteiger partial charge in [0.1, 0.15) is 0 Å². The van der Waals surface area contributed by atoms with Crippen LogP contribution in [-0.2, 0) is 0 Å². The van der Waals surface area contributed by atoms with E-state index in [1.165, 1.54) is 6.42 Å². The summed E-state index contributed by atoms with van der Waals surface area (Å²) in [6, 6.07) is 0. The fourth-order valence-corrected chi connectivity index (χ4v) is 0.455. The molecule has 6 heavy (non-hydrogen) atoms. The van der Waals surface area contributed by atoms with Gasteiger partial charge in [0.15, 0.2) is 0 Å². The van der Waals surface area contributed by atoms with Crippen molar-refractivity contribution in [3.63, 3.8) is 0 Å². The monoisotopic (exact) mass is 85.1 g/mol. The summed E-state index contributed by atoms with van der Waals surface area (Å²) in [6.45, 7) is 4.57. The third-order valence-electron chi connectivity index (χ3n) is 0.744. The van der Waals surface area contributed by atoms with E-state index < -0.39 is 0 Å². The molecule has 0 saturated carbocycles. The van der Waals surface area contributed by atoms with Gasteiger partial charge in [0, 0.05) is 0 Å². The first-order valence-electron chi connectivity index (χ1n) is 2.53. The molecule has 0 spiro atoms. The molecule has 0 aromatic heterocycles. The van der Waals surface area contributed by atoms with Crippen LogP contribution >= 0.6 is 0 Å². The van der Waals surface area contributed by atoms with Crippen LogP contribution in [0.2, 0.25) is 13.1 Å². The predicted octanol–water partition coefficient (Wildman–Crippen LogP) is 0.976. The molecule has 1 nitrogen and oxygen atoms in total. The Morgan fingerprint density at radius 1 is 1.67 bits per heavy atom. The Bertz CT molecular complexity index is 28.7. The number of hydrogen-bond acceptors (Lipinski definition) is 1. The molecule has 0 radical (unpaired) electrons. The van der Waals surface area contributed by atoms with Crippen LogP contribution < -0.4 is 5.64 Å². The highest BCUT2D eigenvalue weighted by Gasteiger charge is 1.92. The average Bonchev–Trinajstić information content (AvgIpc) is 1.35. The summed E-state index contributed by atoms with van der Waals surface area (Å²) in [5, 5.41) is 0. The van der Waals surface area contributed by atoms with Gasteiger partial charge in [0.25, 0.3) is 0 Å². The molecule has 0 amide bonds. The molecule has 0 aliphatic carbocycles. The van der Waals surface area contributed by atoms with E-state index >= 15 is 0 Å². The number of nitrogens with two attached hydrogens (primary N) is 1. The summed E-state index contributed by atoms with van der Waals surface area (Å²) in [7, 11) is 0. The molecule has 0 bridgehead atoms. The molecule has 2 heteroatoms. The Kier molecular flexibility index (Phi) is 3.24. The lowest BCUT2D eigenvalue weighted by atomic mass is 9.63. The van der Waals surface area contributed by atoms with Gasteiger partial charge in [0.05, 0.1) is 0 Å². The highest BCUT2D eigenvalue weighted by molar-refractivity contribution is 6.53. The highest BCUT2D eigenvalue weighted by atomic mass is 14.4. The van der Waals surface area contributed by atoms with Crippen molar-refractivity contribution in [2.24, 2.45) is 5.64 Å². The van der Waals surface area contributed by atoms with E-state index in [4.69, 9.17) is 5.64 Å². The first-order chi connectivity index (χ1) is 2.77. The van der Waals surface area contributed by atoms with E-state index in [1.807, 2.05) is 6.82 Å². The molecule has 0 atom stereocenters. The Morgan fingerprint density at radius 3 is 2.17 bits per heavy atom. The summed E-state index contributed by atoms with van der Waals surface area (Å²) >= 11 is 0. The van der Waals surface area contributed by atoms with E-state index in [0.29, 0.717) is 6.85 Å². The zero-order chi connectivity index (χ0) is 4.99. The molecule has 0 heterocycles. The Morgan fingerprint density at radius 2 is 2.17 bits per heavy atom. The van der Waals surface area contributed by atoms with Crippen LogP contribution in [0.15, 0.2) is 0 Å². The third-order valence-corrected chi connectivity index (χ3v) is 0.744. The molecule has 2 N–H and O–H groups in total. The molecule has 0 fully saturated rings. The second kappa shape index (κ2) is 3.22. The molecule has 0 aromatic carbocycles. The van der Waals surface area contributed by atoms with Crippen LogP contribution in [0.3, 0.4) is 0 Å². The van der Waals surface area contributed by atoms with Crippen molar-refractivity contribution in [1.82, 2.24) is 0 Å². The Labute approximate surface area is 40.0 Å². The average molecular weight is 85.0 g/mol. The van der Waals surface area contributed by atoms with Gasteiger partial charge in [-0.2, -0.15) is 0 Å². The third kappa shape index (κ3) is 4.02. The maximum absolute atomic E-state index is 5.40. The predicted molar refractivity (Wildman–Crippen MR) is 30.9 cm³/mol. The normalized spacial score (nSPS) is 8.50. The lowest BCUT2D eigenvalue weighted by Gasteiger charge is -1.91. The van der Waals surface area contributed by atoms with Gasteiger partial charge in [-0.15, -0.1) is 0 Å². The first kappa shape index (κ1) is 6.02. The van der Waals surface area contributed by atoms with Crippen molar-refractivity contribution in [2.75, 3.05) is 0 Å². The molecule has 0 aliphatic rings. The minimum Gasteiger partial charge on any atom is -0.370 e. The summed E-state index contributed by atoms with van der Waals surface area (Å²) < 4.78 is 0. The van der Waals surface area contributed by atoms with Crippen LogP contribution in [0.1, 0.15) is 13.3 Å². The highest BCUT2D eigenvalue weighted by Crippen LogP contribution is 1.87. The van der Waals surface area contributed by atoms with Gasteiger partial charge in [-0.25, -0.2) is 0 Å². The number of rotatable bonds is 2.